The summed E-state index contributed by atoms with van der Waals surface area (Å²) in [4.78, 5) is 29.2. The van der Waals surface area contributed by atoms with Crippen molar-refractivity contribution in [1.29, 1.82) is 5.26 Å². The van der Waals surface area contributed by atoms with Gasteiger partial charge in [0.05, 0.1) is 29.1 Å². The summed E-state index contributed by atoms with van der Waals surface area (Å²) < 4.78 is 53.8. The highest BCUT2D eigenvalue weighted by molar-refractivity contribution is 7.92. The predicted octanol–water partition coefficient (Wildman–Crippen LogP) is 4.50. The van der Waals surface area contributed by atoms with E-state index in [1.165, 1.54) is 12.3 Å². The van der Waals surface area contributed by atoms with E-state index in [1.807, 2.05) is 10.8 Å². The van der Waals surface area contributed by atoms with Gasteiger partial charge in [0.15, 0.2) is 0 Å². The first-order valence-corrected chi connectivity index (χ1v) is 13.7. The summed E-state index contributed by atoms with van der Waals surface area (Å²) in [6.45, 7) is 0. The number of fused-ring (bicyclic) bond motifs is 1. The van der Waals surface area contributed by atoms with E-state index in [2.05, 4.69) is 10.3 Å². The van der Waals surface area contributed by atoms with Crippen LogP contribution >= 0.6 is 11.6 Å². The van der Waals surface area contributed by atoms with Crippen LogP contribution in [-0.4, -0.2) is 42.7 Å². The van der Waals surface area contributed by atoms with Gasteiger partial charge in [-0.2, -0.15) is 5.26 Å². The van der Waals surface area contributed by atoms with Crippen molar-refractivity contribution < 1.29 is 31.9 Å². The van der Waals surface area contributed by atoms with E-state index in [0.29, 0.717) is 50.3 Å². The zero-order valence-corrected chi connectivity index (χ0v) is 22.1. The molecule has 0 aliphatic carbocycles. The molecule has 13 heteroatoms. The summed E-state index contributed by atoms with van der Waals surface area (Å²) in [5, 5.41) is 21.9. The summed E-state index contributed by atoms with van der Waals surface area (Å²) in [5.41, 5.74) is 1.03. The summed E-state index contributed by atoms with van der Waals surface area (Å²) >= 11 is 6.39. The first-order valence-electron chi connectivity index (χ1n) is 11.4. The lowest BCUT2D eigenvalue weighted by Crippen LogP contribution is -2.43. The quantitative estimate of drug-likeness (QED) is 0.276. The fourth-order valence-corrected chi connectivity index (χ4v) is 4.97. The fraction of sp³-hybridized carbons (Fsp3) is 0.111. The Kier molecular flexibility index (Phi) is 7.99. The van der Waals surface area contributed by atoms with Crippen LogP contribution in [0.3, 0.4) is 0 Å². The largest absolute Gasteiger partial charge is 0.480 e. The van der Waals surface area contributed by atoms with E-state index in [0.717, 1.165) is 6.26 Å². The van der Waals surface area contributed by atoms with Crippen LogP contribution in [0.1, 0.15) is 21.5 Å². The summed E-state index contributed by atoms with van der Waals surface area (Å²) in [6.07, 6.45) is 2.06. The minimum Gasteiger partial charge on any atom is -0.480 e. The lowest BCUT2D eigenvalue weighted by molar-refractivity contribution is -0.139. The molecule has 1 aromatic heterocycles. The number of sulfonamides is 1. The van der Waals surface area contributed by atoms with Crippen molar-refractivity contribution >= 4 is 50.1 Å². The van der Waals surface area contributed by atoms with Gasteiger partial charge in [-0.05, 0) is 35.9 Å². The summed E-state index contributed by atoms with van der Waals surface area (Å²) in [5.74, 6) is -5.56. The van der Waals surface area contributed by atoms with E-state index < -0.39 is 50.8 Å². The smallest absolute Gasteiger partial charge is 0.326 e. The number of carbonyl (C=O) groups excluding carboxylic acids is 1. The van der Waals surface area contributed by atoms with Gasteiger partial charge in [0.1, 0.15) is 23.2 Å². The molecule has 40 heavy (non-hydrogen) atoms. The topological polar surface area (TPSA) is 149 Å². The highest BCUT2D eigenvalue weighted by Crippen LogP contribution is 2.35. The number of hydrogen-bond acceptors (Lipinski definition) is 6. The molecule has 3 N–H and O–H groups in total. The average Bonchev–Trinajstić information content (AvgIpc) is 2.87. The van der Waals surface area contributed by atoms with Gasteiger partial charge in [0.25, 0.3) is 5.91 Å². The summed E-state index contributed by atoms with van der Waals surface area (Å²) in [7, 11) is -3.84. The highest BCUT2D eigenvalue weighted by Gasteiger charge is 2.27. The van der Waals surface area contributed by atoms with Crippen molar-refractivity contribution in [1.82, 2.24) is 10.3 Å². The molecule has 4 aromatic rings. The van der Waals surface area contributed by atoms with Crippen LogP contribution in [0.5, 0.6) is 0 Å². The SMILES string of the molecule is CS(=O)(=O)Nc1cc(F)c(C(=O)N[C@@H](Cc2ccc(-c3ccc(C#N)cc3Cl)c3ncccc23)C(=O)O)c(F)c1. The molecular weight excluding hydrogens is 566 g/mol. The van der Waals surface area contributed by atoms with Crippen LogP contribution in [0.4, 0.5) is 14.5 Å². The third-order valence-corrected chi connectivity index (χ3v) is 6.77. The molecule has 1 heterocycles. The molecule has 9 nitrogen and oxygen atoms in total. The number of carbonyl (C=O) groups is 2. The molecule has 1 atom stereocenters. The Balaban J connectivity index is 1.66. The van der Waals surface area contributed by atoms with E-state index >= 15 is 0 Å². The molecule has 0 bridgehead atoms. The number of pyridine rings is 1. The number of amides is 1. The number of benzene rings is 3. The first kappa shape index (κ1) is 28.4. The fourth-order valence-electron chi connectivity index (χ4n) is 4.14. The molecule has 0 unspecified atom stereocenters. The van der Waals surface area contributed by atoms with Gasteiger partial charge in [0.2, 0.25) is 10.0 Å². The van der Waals surface area contributed by atoms with Gasteiger partial charge < -0.3 is 10.4 Å². The van der Waals surface area contributed by atoms with Crippen LogP contribution in [-0.2, 0) is 21.2 Å². The molecule has 0 spiro atoms. The van der Waals surface area contributed by atoms with Crippen LogP contribution in [0.15, 0.2) is 60.8 Å². The van der Waals surface area contributed by atoms with Gasteiger partial charge in [0, 0.05) is 34.2 Å². The van der Waals surface area contributed by atoms with E-state index in [1.54, 1.807) is 36.4 Å². The Hall–Kier alpha value is -4.60. The van der Waals surface area contributed by atoms with Crippen molar-refractivity contribution in [3.8, 4) is 17.2 Å². The van der Waals surface area contributed by atoms with Crippen LogP contribution < -0.4 is 10.0 Å². The number of carboxylic acids is 1. The standard InChI is InChI=1S/C27H19ClF2N4O5S/c1-40(38,39)34-16-11-21(29)24(22(30)12-16)26(35)33-23(27(36)37)10-15-5-7-19(25-17(15)3-2-8-32-25)18-6-4-14(13-31)9-20(18)28/h2-9,11-12,23,34H,10H2,1H3,(H,33,35)(H,36,37)/t23-/m0/s1. The Morgan fingerprint density at radius 3 is 2.38 bits per heavy atom. The molecule has 0 aliphatic heterocycles. The van der Waals surface area contributed by atoms with Crippen molar-refractivity contribution in [2.45, 2.75) is 12.5 Å². The van der Waals surface area contributed by atoms with Crippen LogP contribution in [0, 0.1) is 23.0 Å². The van der Waals surface area contributed by atoms with Crippen molar-refractivity contribution in [3.63, 3.8) is 0 Å². The van der Waals surface area contributed by atoms with Crippen LogP contribution in [0.2, 0.25) is 5.02 Å². The number of aromatic nitrogens is 1. The average molecular weight is 585 g/mol. The van der Waals surface area contributed by atoms with Gasteiger partial charge in [-0.3, -0.25) is 14.5 Å². The number of nitriles is 1. The van der Waals surface area contributed by atoms with Crippen molar-refractivity contribution in [3.05, 3.63) is 94.1 Å². The Morgan fingerprint density at radius 2 is 1.77 bits per heavy atom. The number of hydrogen-bond donors (Lipinski definition) is 3. The minimum atomic E-state index is -3.84. The second-order valence-corrected chi connectivity index (χ2v) is 10.9. The molecule has 4 rings (SSSR count). The highest BCUT2D eigenvalue weighted by atomic mass is 35.5. The lowest BCUT2D eigenvalue weighted by atomic mass is 9.94. The molecule has 1 amide bonds. The lowest BCUT2D eigenvalue weighted by Gasteiger charge is -2.18. The monoisotopic (exact) mass is 584 g/mol. The maximum absolute atomic E-state index is 14.6. The van der Waals surface area contributed by atoms with Crippen LogP contribution in [0.25, 0.3) is 22.0 Å². The van der Waals surface area contributed by atoms with Crippen molar-refractivity contribution in [2.24, 2.45) is 0 Å². The molecule has 3 aromatic carbocycles. The number of rotatable bonds is 8. The van der Waals surface area contributed by atoms with Gasteiger partial charge in [-0.1, -0.05) is 35.9 Å². The second-order valence-electron chi connectivity index (χ2n) is 8.74. The molecule has 0 radical (unpaired) electrons. The molecule has 0 saturated carbocycles. The first-order chi connectivity index (χ1) is 18.9. The van der Waals surface area contributed by atoms with E-state index in [4.69, 9.17) is 16.9 Å². The Morgan fingerprint density at radius 1 is 1.10 bits per heavy atom. The zero-order valence-electron chi connectivity index (χ0n) is 20.6. The number of anilines is 1. The molecule has 204 valence electrons. The van der Waals surface area contributed by atoms with Gasteiger partial charge in [-0.25, -0.2) is 22.0 Å². The van der Waals surface area contributed by atoms with E-state index in [-0.39, 0.29) is 6.42 Å². The number of nitrogens with one attached hydrogen (secondary N) is 2. The minimum absolute atomic E-state index is 0.262. The third kappa shape index (κ3) is 6.17. The molecule has 0 fully saturated rings. The maximum atomic E-state index is 14.6. The van der Waals surface area contributed by atoms with Gasteiger partial charge >= 0.3 is 5.97 Å². The Labute approximate surface area is 232 Å². The number of carboxylic acid groups (broad SMARTS) is 1. The molecular formula is C27H19ClF2N4O5S. The van der Waals surface area contributed by atoms with E-state index in [9.17, 15) is 31.9 Å². The molecule has 0 aliphatic rings. The zero-order chi connectivity index (χ0) is 29.2. The number of aliphatic carboxylic acids is 1. The molecule has 0 saturated heterocycles. The van der Waals surface area contributed by atoms with Gasteiger partial charge in [-0.15, -0.1) is 0 Å². The predicted molar refractivity (Wildman–Crippen MR) is 144 cm³/mol. The number of nitrogens with zero attached hydrogens (tertiary/aromatic N) is 2. The normalized spacial score (nSPS) is 12.0. The second kappa shape index (κ2) is 11.3. The maximum Gasteiger partial charge on any atom is 0.326 e. The Bertz CT molecular complexity index is 1800. The summed E-state index contributed by atoms with van der Waals surface area (Å²) in [6, 6.07) is 13.1. The number of halogens is 3. The van der Waals surface area contributed by atoms with Crippen molar-refractivity contribution in [2.75, 3.05) is 11.0 Å². The third-order valence-electron chi connectivity index (χ3n) is 5.85.